The van der Waals surface area contributed by atoms with E-state index in [9.17, 15) is 9.59 Å². The molecule has 0 radical (unpaired) electrons. The maximum atomic E-state index is 12.6. The Hall–Kier alpha value is -2.46. The Morgan fingerprint density at radius 2 is 1.57 bits per heavy atom. The van der Waals surface area contributed by atoms with Crippen LogP contribution in [0.3, 0.4) is 0 Å². The van der Waals surface area contributed by atoms with Crippen molar-refractivity contribution in [2.24, 2.45) is 5.92 Å². The molecular weight excluding hydrogens is 350 g/mol. The Labute approximate surface area is 166 Å². The van der Waals surface area contributed by atoms with Gasteiger partial charge in [-0.05, 0) is 49.9 Å². The van der Waals surface area contributed by atoms with Gasteiger partial charge in [0.25, 0.3) is 0 Å². The number of carbonyl (C=O) groups excluding carboxylic acids is 2. The molecule has 0 aliphatic carbocycles. The van der Waals surface area contributed by atoms with Crippen LogP contribution in [0.4, 0.5) is 0 Å². The molecule has 0 aromatic heterocycles. The number of methoxy groups -OCH3 is 1. The first-order valence-electron chi connectivity index (χ1n) is 10.0. The molecule has 2 heterocycles. The van der Waals surface area contributed by atoms with Crippen LogP contribution in [0.25, 0.3) is 11.1 Å². The summed E-state index contributed by atoms with van der Waals surface area (Å²) >= 11 is 0. The van der Waals surface area contributed by atoms with Crippen molar-refractivity contribution in [3.05, 3.63) is 59.7 Å². The number of hydrogen-bond acceptors (Lipinski definition) is 4. The Morgan fingerprint density at radius 1 is 0.964 bits per heavy atom. The van der Waals surface area contributed by atoms with Crippen LogP contribution in [-0.4, -0.2) is 42.9 Å². The Morgan fingerprint density at radius 3 is 2.14 bits per heavy atom. The smallest absolute Gasteiger partial charge is 0.310 e. The van der Waals surface area contributed by atoms with Crippen molar-refractivity contribution in [1.82, 2.24) is 4.90 Å². The van der Waals surface area contributed by atoms with Gasteiger partial charge in [0.15, 0.2) is 5.78 Å². The summed E-state index contributed by atoms with van der Waals surface area (Å²) in [6, 6.07) is 17.1. The van der Waals surface area contributed by atoms with Gasteiger partial charge in [-0.3, -0.25) is 14.5 Å². The average molecular weight is 377 g/mol. The van der Waals surface area contributed by atoms with Crippen molar-refractivity contribution in [2.75, 3.05) is 14.2 Å². The van der Waals surface area contributed by atoms with Gasteiger partial charge in [0.1, 0.15) is 0 Å². The predicted octanol–water partition coefficient (Wildman–Crippen LogP) is 4.30. The highest BCUT2D eigenvalue weighted by molar-refractivity contribution is 5.94. The molecule has 4 heteroatoms. The number of carbonyl (C=O) groups is 2. The summed E-state index contributed by atoms with van der Waals surface area (Å²) in [7, 11) is 3.64. The number of nitrogens with zero attached hydrogens (tertiary/aromatic N) is 1. The highest BCUT2D eigenvalue weighted by atomic mass is 16.5. The number of Topliss-reactive ketones (excluding diaryl/α,β-unsaturated/α-hetero) is 1. The molecule has 2 fully saturated rings. The zero-order chi connectivity index (χ0) is 19.8. The average Bonchev–Trinajstić information content (AvgIpc) is 2.95. The lowest BCUT2D eigenvalue weighted by Crippen LogP contribution is -2.49. The van der Waals surface area contributed by atoms with E-state index < -0.39 is 0 Å². The van der Waals surface area contributed by atoms with Crippen molar-refractivity contribution < 1.29 is 14.3 Å². The Bertz CT molecular complexity index is 872. The van der Waals surface area contributed by atoms with Crippen LogP contribution < -0.4 is 0 Å². The minimum Gasteiger partial charge on any atom is -0.469 e. The summed E-state index contributed by atoms with van der Waals surface area (Å²) in [5, 5.41) is 0. The second-order valence-electron chi connectivity index (χ2n) is 8.11. The van der Waals surface area contributed by atoms with E-state index in [2.05, 4.69) is 36.2 Å². The number of ether oxygens (including phenoxy) is 1. The minimum absolute atomic E-state index is 0.0765. The molecule has 2 aliphatic rings. The van der Waals surface area contributed by atoms with Gasteiger partial charge < -0.3 is 4.74 Å². The number of hydrogen-bond donors (Lipinski definition) is 0. The van der Waals surface area contributed by atoms with Crippen molar-refractivity contribution in [3.8, 4) is 11.1 Å². The van der Waals surface area contributed by atoms with Gasteiger partial charge in [-0.1, -0.05) is 48.5 Å². The maximum absolute atomic E-state index is 12.6. The van der Waals surface area contributed by atoms with Crippen LogP contribution in [0.5, 0.6) is 0 Å². The minimum atomic E-state index is -0.102. The highest BCUT2D eigenvalue weighted by Crippen LogP contribution is 2.46. The molecule has 4 nitrogen and oxygen atoms in total. The second kappa shape index (κ2) is 7.51. The van der Waals surface area contributed by atoms with Gasteiger partial charge in [0, 0.05) is 23.6 Å². The molecule has 0 saturated carbocycles. The molecule has 4 rings (SSSR count). The van der Waals surface area contributed by atoms with Gasteiger partial charge in [-0.2, -0.15) is 0 Å². The Kier molecular flexibility index (Phi) is 5.07. The fourth-order valence-corrected chi connectivity index (χ4v) is 5.09. The lowest BCUT2D eigenvalue weighted by atomic mass is 9.76. The molecular formula is C24H27NO3. The fraction of sp³-hybridized carbons (Fsp3) is 0.417. The van der Waals surface area contributed by atoms with Crippen LogP contribution >= 0.6 is 0 Å². The molecule has 0 N–H and O–H groups in total. The number of fused-ring (bicyclic) bond motifs is 2. The largest absolute Gasteiger partial charge is 0.469 e. The van der Waals surface area contributed by atoms with E-state index in [-0.39, 0.29) is 29.6 Å². The molecule has 146 valence electrons. The van der Waals surface area contributed by atoms with E-state index in [1.807, 2.05) is 24.3 Å². The Balaban J connectivity index is 1.60. The molecule has 0 unspecified atom stereocenters. The molecule has 28 heavy (non-hydrogen) atoms. The van der Waals surface area contributed by atoms with Crippen LogP contribution in [-0.2, 0) is 9.53 Å². The molecule has 2 bridgehead atoms. The van der Waals surface area contributed by atoms with E-state index in [4.69, 9.17) is 4.74 Å². The molecule has 2 aromatic rings. The third kappa shape index (κ3) is 3.26. The fourth-order valence-electron chi connectivity index (χ4n) is 5.09. The van der Waals surface area contributed by atoms with Crippen LogP contribution in [0.15, 0.2) is 48.5 Å². The quantitative estimate of drug-likeness (QED) is 0.589. The van der Waals surface area contributed by atoms with Crippen LogP contribution in [0, 0.1) is 5.92 Å². The second-order valence-corrected chi connectivity index (χ2v) is 8.11. The third-order valence-electron chi connectivity index (χ3n) is 6.71. The molecule has 2 saturated heterocycles. The van der Waals surface area contributed by atoms with Gasteiger partial charge in [-0.25, -0.2) is 0 Å². The third-order valence-corrected chi connectivity index (χ3v) is 6.71. The number of ketones is 1. The maximum Gasteiger partial charge on any atom is 0.310 e. The summed E-state index contributed by atoms with van der Waals surface area (Å²) < 4.78 is 5.17. The first kappa shape index (κ1) is 18.9. The van der Waals surface area contributed by atoms with E-state index in [1.165, 1.54) is 12.7 Å². The van der Waals surface area contributed by atoms with Crippen molar-refractivity contribution in [3.63, 3.8) is 0 Å². The van der Waals surface area contributed by atoms with Crippen molar-refractivity contribution >= 4 is 11.8 Å². The lowest BCUT2D eigenvalue weighted by molar-refractivity contribution is -0.150. The molecule has 0 spiro atoms. The lowest BCUT2D eigenvalue weighted by Gasteiger charge is -2.41. The van der Waals surface area contributed by atoms with E-state index >= 15 is 0 Å². The number of esters is 1. The molecule has 0 amide bonds. The van der Waals surface area contributed by atoms with Crippen molar-refractivity contribution in [2.45, 2.75) is 44.2 Å². The SMILES string of the molecule is COC(=O)[C@H]1[C@@H](c2ccc(-c3ccc(C(C)=O)cc3)cc2)C[C@@H]2CC[C@H]1N2C. The van der Waals surface area contributed by atoms with Gasteiger partial charge >= 0.3 is 5.97 Å². The highest BCUT2D eigenvalue weighted by Gasteiger charge is 2.49. The summed E-state index contributed by atoms with van der Waals surface area (Å²) in [6.45, 7) is 1.58. The van der Waals surface area contributed by atoms with E-state index in [0.717, 1.165) is 36.0 Å². The van der Waals surface area contributed by atoms with Crippen molar-refractivity contribution in [1.29, 1.82) is 0 Å². The first-order chi connectivity index (χ1) is 13.5. The first-order valence-corrected chi connectivity index (χ1v) is 10.0. The summed E-state index contributed by atoms with van der Waals surface area (Å²) in [4.78, 5) is 26.4. The number of rotatable bonds is 4. The topological polar surface area (TPSA) is 46.6 Å². The van der Waals surface area contributed by atoms with E-state index in [0.29, 0.717) is 6.04 Å². The molecule has 2 aromatic carbocycles. The normalized spacial score (nSPS) is 26.8. The van der Waals surface area contributed by atoms with Gasteiger partial charge in [0.2, 0.25) is 0 Å². The monoisotopic (exact) mass is 377 g/mol. The summed E-state index contributed by atoms with van der Waals surface area (Å²) in [5.41, 5.74) is 4.14. The summed E-state index contributed by atoms with van der Waals surface area (Å²) in [5.74, 6) is 0.0866. The number of benzene rings is 2. The zero-order valence-electron chi connectivity index (χ0n) is 16.7. The van der Waals surface area contributed by atoms with Crippen LogP contribution in [0.2, 0.25) is 0 Å². The summed E-state index contributed by atoms with van der Waals surface area (Å²) in [6.07, 6.45) is 3.23. The van der Waals surface area contributed by atoms with Gasteiger partial charge in [-0.15, -0.1) is 0 Å². The predicted molar refractivity (Wildman–Crippen MR) is 109 cm³/mol. The molecule has 4 atom stereocenters. The van der Waals surface area contributed by atoms with Gasteiger partial charge in [0.05, 0.1) is 13.0 Å². The standard InChI is InChI=1S/C24H27NO3/c1-15(26)16-4-6-17(7-5-16)18-8-10-19(11-9-18)21-14-20-12-13-22(25(20)2)23(21)24(27)28-3/h4-11,20-23H,12-14H2,1-3H3/t20-,21+,22+,23-/m0/s1. The number of piperidine rings is 1. The zero-order valence-corrected chi connectivity index (χ0v) is 16.7. The molecule has 2 aliphatic heterocycles. The van der Waals surface area contributed by atoms with Crippen LogP contribution in [0.1, 0.15) is 48.0 Å². The van der Waals surface area contributed by atoms with E-state index in [1.54, 1.807) is 6.92 Å².